The van der Waals surface area contributed by atoms with E-state index in [9.17, 15) is 4.79 Å². The van der Waals surface area contributed by atoms with Crippen molar-refractivity contribution < 1.29 is 4.79 Å². The second-order valence-corrected chi connectivity index (χ2v) is 4.39. The third-order valence-corrected chi connectivity index (χ3v) is 2.49. The van der Waals surface area contributed by atoms with Crippen molar-refractivity contribution in [3.05, 3.63) is 35.9 Å². The Morgan fingerprint density at radius 1 is 1.35 bits per heavy atom. The Kier molecular flexibility index (Phi) is 5.66. The number of amides is 1. The van der Waals surface area contributed by atoms with Crippen LogP contribution in [0.3, 0.4) is 0 Å². The smallest absolute Gasteiger partial charge is 0.237 e. The highest BCUT2D eigenvalue weighted by atomic mass is 16.2. The van der Waals surface area contributed by atoms with Gasteiger partial charge in [0.15, 0.2) is 0 Å². The minimum absolute atomic E-state index is 0.0873. The van der Waals surface area contributed by atoms with E-state index in [0.717, 1.165) is 12.1 Å². The molecule has 0 aromatic heterocycles. The average Bonchev–Trinajstić information content (AvgIpc) is 2.29. The number of carbonyl (C=O) groups is 1. The summed E-state index contributed by atoms with van der Waals surface area (Å²) < 4.78 is 0. The van der Waals surface area contributed by atoms with Crippen LogP contribution in [0.2, 0.25) is 0 Å². The summed E-state index contributed by atoms with van der Waals surface area (Å²) in [5.74, 6) is -0.0873. The number of hydrogen-bond acceptors (Lipinski definition) is 3. The van der Waals surface area contributed by atoms with Crippen molar-refractivity contribution in [3.63, 3.8) is 0 Å². The molecular weight excluding hydrogens is 214 g/mol. The number of hydrogen-bond donors (Lipinski definition) is 2. The molecule has 1 rings (SSSR count). The zero-order valence-electron chi connectivity index (χ0n) is 10.5. The van der Waals surface area contributed by atoms with Crippen molar-refractivity contribution in [1.82, 2.24) is 10.2 Å². The molecule has 1 aromatic carbocycles. The molecule has 0 radical (unpaired) electrons. The quantitative estimate of drug-likeness (QED) is 0.742. The van der Waals surface area contributed by atoms with Crippen molar-refractivity contribution in [3.8, 4) is 0 Å². The van der Waals surface area contributed by atoms with Gasteiger partial charge in [0.25, 0.3) is 0 Å². The number of benzene rings is 1. The van der Waals surface area contributed by atoms with E-state index < -0.39 is 6.04 Å². The van der Waals surface area contributed by atoms with Gasteiger partial charge in [0.2, 0.25) is 5.91 Å². The summed E-state index contributed by atoms with van der Waals surface area (Å²) in [4.78, 5) is 13.7. The van der Waals surface area contributed by atoms with Gasteiger partial charge in [0, 0.05) is 13.1 Å². The maximum absolute atomic E-state index is 11.7. The SMILES string of the molecule is CN(C)CCNC(=O)[C@@H](N)Cc1ccccc1. The van der Waals surface area contributed by atoms with Gasteiger partial charge in [-0.15, -0.1) is 0 Å². The average molecular weight is 235 g/mol. The van der Waals surface area contributed by atoms with Gasteiger partial charge in [0.1, 0.15) is 0 Å². The first kappa shape index (κ1) is 13.7. The van der Waals surface area contributed by atoms with Crippen LogP contribution in [0.5, 0.6) is 0 Å². The van der Waals surface area contributed by atoms with E-state index in [0.29, 0.717) is 13.0 Å². The molecule has 0 heterocycles. The van der Waals surface area contributed by atoms with E-state index >= 15 is 0 Å². The highest BCUT2D eigenvalue weighted by molar-refractivity contribution is 5.81. The van der Waals surface area contributed by atoms with Gasteiger partial charge < -0.3 is 16.0 Å². The number of nitrogens with two attached hydrogens (primary N) is 1. The van der Waals surface area contributed by atoms with E-state index in [4.69, 9.17) is 5.73 Å². The fraction of sp³-hybridized carbons (Fsp3) is 0.462. The first-order valence-corrected chi connectivity index (χ1v) is 5.81. The maximum atomic E-state index is 11.7. The van der Waals surface area contributed by atoms with Crippen LogP contribution in [-0.2, 0) is 11.2 Å². The Morgan fingerprint density at radius 2 is 2.00 bits per heavy atom. The lowest BCUT2D eigenvalue weighted by Crippen LogP contribution is -2.44. The second-order valence-electron chi connectivity index (χ2n) is 4.39. The molecule has 1 amide bonds. The van der Waals surface area contributed by atoms with E-state index in [1.807, 2.05) is 49.3 Å². The molecule has 0 unspecified atom stereocenters. The lowest BCUT2D eigenvalue weighted by atomic mass is 10.1. The van der Waals surface area contributed by atoms with Crippen molar-refractivity contribution in [1.29, 1.82) is 0 Å². The highest BCUT2D eigenvalue weighted by Gasteiger charge is 2.13. The van der Waals surface area contributed by atoms with Gasteiger partial charge in [-0.3, -0.25) is 4.79 Å². The molecule has 1 atom stereocenters. The molecule has 0 bridgehead atoms. The Morgan fingerprint density at radius 3 is 2.59 bits per heavy atom. The van der Waals surface area contributed by atoms with E-state index in [1.54, 1.807) is 0 Å². The van der Waals surface area contributed by atoms with Crippen LogP contribution in [0.15, 0.2) is 30.3 Å². The third kappa shape index (κ3) is 5.47. The van der Waals surface area contributed by atoms with Gasteiger partial charge in [-0.2, -0.15) is 0 Å². The van der Waals surface area contributed by atoms with Gasteiger partial charge >= 0.3 is 0 Å². The van der Waals surface area contributed by atoms with Crippen molar-refractivity contribution in [2.45, 2.75) is 12.5 Å². The zero-order chi connectivity index (χ0) is 12.7. The molecule has 0 saturated heterocycles. The number of likely N-dealkylation sites (N-methyl/N-ethyl adjacent to an activating group) is 1. The Labute approximate surface area is 103 Å². The summed E-state index contributed by atoms with van der Waals surface area (Å²) in [5.41, 5.74) is 6.93. The number of rotatable bonds is 6. The zero-order valence-corrected chi connectivity index (χ0v) is 10.5. The van der Waals surface area contributed by atoms with Crippen LogP contribution in [0.25, 0.3) is 0 Å². The molecule has 17 heavy (non-hydrogen) atoms. The van der Waals surface area contributed by atoms with Crippen LogP contribution in [0, 0.1) is 0 Å². The molecule has 3 N–H and O–H groups in total. The van der Waals surface area contributed by atoms with Crippen molar-refractivity contribution in [2.24, 2.45) is 5.73 Å². The van der Waals surface area contributed by atoms with Gasteiger partial charge in [-0.1, -0.05) is 30.3 Å². The lowest BCUT2D eigenvalue weighted by Gasteiger charge is -2.14. The Bertz CT molecular complexity index is 338. The predicted molar refractivity (Wildman–Crippen MR) is 69.7 cm³/mol. The Balaban J connectivity index is 2.32. The summed E-state index contributed by atoms with van der Waals surface area (Å²) >= 11 is 0. The standard InChI is InChI=1S/C13H21N3O/c1-16(2)9-8-15-13(17)12(14)10-11-6-4-3-5-7-11/h3-7,12H,8-10,14H2,1-2H3,(H,15,17)/t12-/m0/s1. The van der Waals surface area contributed by atoms with Crippen LogP contribution in [0.1, 0.15) is 5.56 Å². The van der Waals surface area contributed by atoms with E-state index in [-0.39, 0.29) is 5.91 Å². The number of nitrogens with zero attached hydrogens (tertiary/aromatic N) is 1. The minimum Gasteiger partial charge on any atom is -0.353 e. The highest BCUT2D eigenvalue weighted by Crippen LogP contribution is 2.01. The molecule has 0 fully saturated rings. The third-order valence-electron chi connectivity index (χ3n) is 2.49. The van der Waals surface area contributed by atoms with Gasteiger partial charge in [-0.25, -0.2) is 0 Å². The van der Waals surface area contributed by atoms with Gasteiger partial charge in [0.05, 0.1) is 6.04 Å². The summed E-state index contributed by atoms with van der Waals surface area (Å²) in [6.07, 6.45) is 0.578. The van der Waals surface area contributed by atoms with E-state index in [1.165, 1.54) is 0 Å². The van der Waals surface area contributed by atoms with Crippen LogP contribution in [0.4, 0.5) is 0 Å². The molecule has 0 aliphatic heterocycles. The first-order chi connectivity index (χ1) is 8.09. The molecule has 4 nitrogen and oxygen atoms in total. The molecule has 1 aromatic rings. The largest absolute Gasteiger partial charge is 0.353 e. The van der Waals surface area contributed by atoms with Crippen molar-refractivity contribution >= 4 is 5.91 Å². The second kappa shape index (κ2) is 7.04. The van der Waals surface area contributed by atoms with Crippen LogP contribution < -0.4 is 11.1 Å². The minimum atomic E-state index is -0.473. The molecule has 0 aliphatic carbocycles. The lowest BCUT2D eigenvalue weighted by molar-refractivity contribution is -0.122. The predicted octanol–water partition coefficient (Wildman–Crippen LogP) is 0.234. The maximum Gasteiger partial charge on any atom is 0.237 e. The topological polar surface area (TPSA) is 58.4 Å². The Hall–Kier alpha value is -1.39. The van der Waals surface area contributed by atoms with Crippen molar-refractivity contribution in [2.75, 3.05) is 27.2 Å². The summed E-state index contributed by atoms with van der Waals surface area (Å²) in [7, 11) is 3.94. The van der Waals surface area contributed by atoms with Crippen LogP contribution >= 0.6 is 0 Å². The summed E-state index contributed by atoms with van der Waals surface area (Å²) in [5, 5.41) is 2.83. The fourth-order valence-corrected chi connectivity index (χ4v) is 1.49. The summed E-state index contributed by atoms with van der Waals surface area (Å²) in [6, 6.07) is 9.34. The molecule has 0 aliphatic rings. The molecule has 4 heteroatoms. The monoisotopic (exact) mass is 235 g/mol. The van der Waals surface area contributed by atoms with Crippen LogP contribution in [-0.4, -0.2) is 44.0 Å². The van der Waals surface area contributed by atoms with Gasteiger partial charge in [-0.05, 0) is 26.1 Å². The molecule has 0 saturated carbocycles. The molecular formula is C13H21N3O. The molecule has 0 spiro atoms. The first-order valence-electron chi connectivity index (χ1n) is 5.81. The number of carbonyl (C=O) groups excluding carboxylic acids is 1. The molecule has 94 valence electrons. The normalized spacial score (nSPS) is 12.5. The summed E-state index contributed by atoms with van der Waals surface area (Å²) in [6.45, 7) is 1.46. The number of nitrogens with one attached hydrogen (secondary N) is 1. The van der Waals surface area contributed by atoms with E-state index in [2.05, 4.69) is 5.32 Å². The fourth-order valence-electron chi connectivity index (χ4n) is 1.49.